The lowest BCUT2D eigenvalue weighted by atomic mass is 10.2. The summed E-state index contributed by atoms with van der Waals surface area (Å²) in [5.41, 5.74) is 0. The summed E-state index contributed by atoms with van der Waals surface area (Å²) in [5, 5.41) is 16.8. The first-order valence-corrected chi connectivity index (χ1v) is 4.41. The molecule has 0 bridgehead atoms. The van der Waals surface area contributed by atoms with Crippen LogP contribution in [0.25, 0.3) is 0 Å². The molecule has 0 aliphatic carbocycles. The number of carboxylic acids is 2. The molecule has 0 fully saturated rings. The lowest BCUT2D eigenvalue weighted by Gasteiger charge is -2.04. The second kappa shape index (κ2) is 7.34. The van der Waals surface area contributed by atoms with Gasteiger partial charge in [-0.15, -0.1) is 0 Å². The van der Waals surface area contributed by atoms with E-state index in [4.69, 9.17) is 22.0 Å². The van der Waals surface area contributed by atoms with Gasteiger partial charge in [0.25, 0.3) is 0 Å². The van der Waals surface area contributed by atoms with Crippen molar-refractivity contribution < 1.29 is 19.8 Å². The summed E-state index contributed by atoms with van der Waals surface area (Å²) in [5.74, 6) is -1.91. The van der Waals surface area contributed by atoms with Gasteiger partial charge in [0.2, 0.25) is 0 Å². The zero-order valence-electron chi connectivity index (χ0n) is 7.44. The molecule has 1 atom stereocenters. The molecule has 14 heavy (non-hydrogen) atoms. The molecule has 3 N–H and O–H groups in total. The molecular formula is C8H12ClNO4. The van der Waals surface area contributed by atoms with Crippen LogP contribution in [-0.4, -0.2) is 28.2 Å². The summed E-state index contributed by atoms with van der Waals surface area (Å²) < 4.78 is 0. The van der Waals surface area contributed by atoms with Gasteiger partial charge < -0.3 is 10.2 Å². The Morgan fingerprint density at radius 1 is 1.36 bits per heavy atom. The number of carbonyl (C=O) groups is 2. The van der Waals surface area contributed by atoms with Crippen LogP contribution >= 0.6 is 11.8 Å². The average molecular weight is 222 g/mol. The van der Waals surface area contributed by atoms with E-state index < -0.39 is 18.0 Å². The van der Waals surface area contributed by atoms with E-state index in [9.17, 15) is 9.59 Å². The van der Waals surface area contributed by atoms with Crippen molar-refractivity contribution in [1.82, 2.24) is 4.84 Å². The number of allylic oxidation sites excluding steroid dienone is 1. The zero-order chi connectivity index (χ0) is 11.0. The van der Waals surface area contributed by atoms with Crippen molar-refractivity contribution >= 4 is 23.7 Å². The normalized spacial score (nSPS) is 12.9. The quantitative estimate of drug-likeness (QED) is 0.441. The van der Waals surface area contributed by atoms with Gasteiger partial charge in [-0.05, 0) is 24.6 Å². The van der Waals surface area contributed by atoms with Crippen molar-refractivity contribution in [1.29, 1.82) is 0 Å². The first-order valence-electron chi connectivity index (χ1n) is 4.03. The molecule has 0 aliphatic rings. The zero-order valence-corrected chi connectivity index (χ0v) is 8.20. The standard InChI is InChI=1S/C8H12ClNO4/c9-10-6(8(13)14)4-2-1-3-5-7(11)12/h1-2,6,10H,3-5H2,(H,11,12)(H,13,14)/b2-1-/t6-/m0/s1. The van der Waals surface area contributed by atoms with Crippen LogP contribution < -0.4 is 4.84 Å². The summed E-state index contributed by atoms with van der Waals surface area (Å²) in [7, 11) is 0. The molecule has 0 aromatic rings. The highest BCUT2D eigenvalue weighted by molar-refractivity contribution is 6.14. The first-order chi connectivity index (χ1) is 6.57. The van der Waals surface area contributed by atoms with Crippen LogP contribution in [0, 0.1) is 0 Å². The highest BCUT2D eigenvalue weighted by Gasteiger charge is 2.12. The Hall–Kier alpha value is -1.07. The molecule has 0 saturated carbocycles. The molecule has 80 valence electrons. The molecule has 0 heterocycles. The van der Waals surface area contributed by atoms with Gasteiger partial charge in [-0.3, -0.25) is 9.59 Å². The minimum absolute atomic E-state index is 0.0442. The van der Waals surface area contributed by atoms with Gasteiger partial charge in [-0.1, -0.05) is 12.2 Å². The monoisotopic (exact) mass is 221 g/mol. The van der Waals surface area contributed by atoms with Gasteiger partial charge in [-0.25, -0.2) is 4.84 Å². The SMILES string of the molecule is O=C(O)CC/C=C\C[C@H](NCl)C(=O)O. The van der Waals surface area contributed by atoms with Crippen LogP contribution in [0.1, 0.15) is 19.3 Å². The predicted molar refractivity (Wildman–Crippen MR) is 51.0 cm³/mol. The lowest BCUT2D eigenvalue weighted by Crippen LogP contribution is -2.29. The number of hydrogen-bond donors (Lipinski definition) is 3. The minimum Gasteiger partial charge on any atom is -0.481 e. The van der Waals surface area contributed by atoms with Gasteiger partial charge in [0.1, 0.15) is 6.04 Å². The Bertz CT molecular complexity index is 229. The molecular weight excluding hydrogens is 210 g/mol. The van der Waals surface area contributed by atoms with E-state index in [0.717, 1.165) is 0 Å². The van der Waals surface area contributed by atoms with Crippen LogP contribution in [0.3, 0.4) is 0 Å². The second-order valence-corrected chi connectivity index (χ2v) is 2.86. The Morgan fingerprint density at radius 3 is 2.43 bits per heavy atom. The largest absolute Gasteiger partial charge is 0.481 e. The van der Waals surface area contributed by atoms with Crippen LogP contribution in [0.2, 0.25) is 0 Å². The number of hydrogen-bond acceptors (Lipinski definition) is 3. The topological polar surface area (TPSA) is 86.6 Å². The third-order valence-electron chi connectivity index (χ3n) is 1.49. The summed E-state index contributed by atoms with van der Waals surface area (Å²) in [6, 6.07) is -0.835. The van der Waals surface area contributed by atoms with E-state index in [0.29, 0.717) is 6.42 Å². The second-order valence-electron chi connectivity index (χ2n) is 2.64. The Morgan fingerprint density at radius 2 is 2.00 bits per heavy atom. The van der Waals surface area contributed by atoms with Crippen molar-refractivity contribution in [2.24, 2.45) is 0 Å². The highest BCUT2D eigenvalue weighted by atomic mass is 35.5. The molecule has 0 saturated heterocycles. The number of carboxylic acid groups (broad SMARTS) is 2. The minimum atomic E-state index is -1.04. The van der Waals surface area contributed by atoms with Crippen LogP contribution in [0.15, 0.2) is 12.2 Å². The lowest BCUT2D eigenvalue weighted by molar-refractivity contribution is -0.139. The molecule has 0 spiro atoms. The first kappa shape index (κ1) is 12.9. The molecule has 5 nitrogen and oxygen atoms in total. The van der Waals surface area contributed by atoms with Crippen molar-refractivity contribution in [2.45, 2.75) is 25.3 Å². The summed E-state index contributed by atoms with van der Waals surface area (Å²) in [4.78, 5) is 22.6. The maximum Gasteiger partial charge on any atom is 0.322 e. The number of rotatable bonds is 7. The third-order valence-corrected chi connectivity index (χ3v) is 1.76. The molecule has 0 rings (SSSR count). The molecule has 0 unspecified atom stereocenters. The molecule has 0 amide bonds. The van der Waals surface area contributed by atoms with Gasteiger partial charge in [0, 0.05) is 6.42 Å². The van der Waals surface area contributed by atoms with Crippen molar-refractivity contribution in [3.8, 4) is 0 Å². The molecule has 0 aromatic carbocycles. The molecule has 0 radical (unpaired) electrons. The number of nitrogens with one attached hydrogen (secondary N) is 1. The maximum absolute atomic E-state index is 10.4. The fraction of sp³-hybridized carbons (Fsp3) is 0.500. The van der Waals surface area contributed by atoms with Crippen LogP contribution in [0.4, 0.5) is 0 Å². The number of halogens is 1. The Kier molecular flexibility index (Phi) is 6.78. The third kappa shape index (κ3) is 6.45. The van der Waals surface area contributed by atoms with E-state index in [1.54, 1.807) is 12.2 Å². The maximum atomic E-state index is 10.4. The fourth-order valence-corrected chi connectivity index (χ4v) is 0.931. The summed E-state index contributed by atoms with van der Waals surface area (Å²) in [6.07, 6.45) is 3.89. The predicted octanol–water partition coefficient (Wildman–Crippen LogP) is 0.994. The van der Waals surface area contributed by atoms with E-state index in [2.05, 4.69) is 4.84 Å². The highest BCUT2D eigenvalue weighted by Crippen LogP contribution is 1.98. The van der Waals surface area contributed by atoms with Gasteiger partial charge >= 0.3 is 11.9 Å². The molecule has 0 aromatic heterocycles. The summed E-state index contributed by atoms with van der Waals surface area (Å²) in [6.45, 7) is 0. The van der Waals surface area contributed by atoms with E-state index in [-0.39, 0.29) is 12.8 Å². The average Bonchev–Trinajstić information content (AvgIpc) is 2.10. The van der Waals surface area contributed by atoms with Crippen molar-refractivity contribution in [3.63, 3.8) is 0 Å². The van der Waals surface area contributed by atoms with Crippen molar-refractivity contribution in [3.05, 3.63) is 12.2 Å². The smallest absolute Gasteiger partial charge is 0.322 e. The van der Waals surface area contributed by atoms with E-state index in [1.807, 2.05) is 0 Å². The Labute approximate surface area is 86.5 Å². The van der Waals surface area contributed by atoms with E-state index >= 15 is 0 Å². The van der Waals surface area contributed by atoms with Crippen molar-refractivity contribution in [2.75, 3.05) is 0 Å². The molecule has 0 aliphatic heterocycles. The summed E-state index contributed by atoms with van der Waals surface area (Å²) >= 11 is 5.17. The van der Waals surface area contributed by atoms with Gasteiger partial charge in [0.15, 0.2) is 0 Å². The molecule has 6 heteroatoms. The van der Waals surface area contributed by atoms with Gasteiger partial charge in [-0.2, -0.15) is 0 Å². The van der Waals surface area contributed by atoms with E-state index in [1.165, 1.54) is 0 Å². The van der Waals surface area contributed by atoms with Crippen LogP contribution in [-0.2, 0) is 9.59 Å². The van der Waals surface area contributed by atoms with Gasteiger partial charge in [0.05, 0.1) is 0 Å². The number of aliphatic carboxylic acids is 2. The Balaban J connectivity index is 3.68. The van der Waals surface area contributed by atoms with Crippen LogP contribution in [0.5, 0.6) is 0 Å². The fourth-order valence-electron chi connectivity index (χ4n) is 0.749.